The van der Waals surface area contributed by atoms with Crippen LogP contribution in [0.15, 0.2) is 30.5 Å². The Balaban J connectivity index is 1.95. The van der Waals surface area contributed by atoms with E-state index in [9.17, 15) is 4.79 Å². The average Bonchev–Trinajstić information content (AvgIpc) is 2.59. The molecule has 0 unspecified atom stereocenters. The first-order valence-corrected chi connectivity index (χ1v) is 8.71. The van der Waals surface area contributed by atoms with Gasteiger partial charge in [-0.25, -0.2) is 0 Å². The fraction of sp³-hybridized carbons (Fsp3) is 0.500. The molecule has 3 nitrogen and oxygen atoms in total. The smallest absolute Gasteiger partial charge is 0.166 e. The lowest BCUT2D eigenvalue weighted by atomic mass is 9.83. The number of pyridine rings is 1. The Morgan fingerprint density at radius 3 is 2.74 bits per heavy atom. The van der Waals surface area contributed by atoms with Crippen molar-refractivity contribution in [1.29, 1.82) is 0 Å². The van der Waals surface area contributed by atoms with Crippen molar-refractivity contribution in [3.63, 3.8) is 0 Å². The lowest BCUT2D eigenvalue weighted by molar-refractivity contribution is 0.0891. The summed E-state index contributed by atoms with van der Waals surface area (Å²) < 4.78 is 5.89. The first-order valence-electron chi connectivity index (χ1n) is 8.71. The van der Waals surface area contributed by atoms with Crippen molar-refractivity contribution in [1.82, 2.24) is 4.98 Å². The standard InChI is InChI=1S/C20H25NO2/c1-14(2)13-23-18-11-10-17(16-9-6-12-21-19(16)18)20(22)15-7-4-3-5-8-15/h6,9-12,14-15H,3-5,7-8,13H2,1-2H3. The number of carbonyl (C=O) groups is 1. The second kappa shape index (κ2) is 7.12. The van der Waals surface area contributed by atoms with Gasteiger partial charge in [0.15, 0.2) is 5.78 Å². The lowest BCUT2D eigenvalue weighted by Crippen LogP contribution is -2.18. The Morgan fingerprint density at radius 2 is 2.00 bits per heavy atom. The average molecular weight is 311 g/mol. The molecule has 0 spiro atoms. The molecular weight excluding hydrogens is 286 g/mol. The molecule has 1 aromatic carbocycles. The minimum absolute atomic E-state index is 0.176. The van der Waals surface area contributed by atoms with Gasteiger partial charge in [-0.3, -0.25) is 9.78 Å². The number of rotatable bonds is 5. The first-order chi connectivity index (χ1) is 11.2. The number of Topliss-reactive ketones (excluding diaryl/α,β-unsaturated/α-hetero) is 1. The summed E-state index contributed by atoms with van der Waals surface area (Å²) in [5, 5.41) is 0.921. The molecule has 1 aliphatic rings. The molecule has 0 saturated heterocycles. The summed E-state index contributed by atoms with van der Waals surface area (Å²) in [6, 6.07) is 7.72. The number of nitrogens with zero attached hydrogens (tertiary/aromatic N) is 1. The van der Waals surface area contributed by atoms with E-state index in [1.54, 1.807) is 6.20 Å². The zero-order chi connectivity index (χ0) is 16.2. The Hall–Kier alpha value is -1.90. The molecule has 0 bridgehead atoms. The van der Waals surface area contributed by atoms with E-state index in [4.69, 9.17) is 4.74 Å². The normalized spacial score (nSPS) is 16.0. The number of ketones is 1. The lowest BCUT2D eigenvalue weighted by Gasteiger charge is -2.21. The largest absolute Gasteiger partial charge is 0.491 e. The highest BCUT2D eigenvalue weighted by Crippen LogP contribution is 2.32. The predicted molar refractivity (Wildman–Crippen MR) is 93.0 cm³/mol. The van der Waals surface area contributed by atoms with Gasteiger partial charge in [-0.1, -0.05) is 39.2 Å². The molecule has 1 aromatic heterocycles. The van der Waals surface area contributed by atoms with Crippen LogP contribution in [0.2, 0.25) is 0 Å². The van der Waals surface area contributed by atoms with Crippen LogP contribution in [0.4, 0.5) is 0 Å². The first kappa shape index (κ1) is 16.0. The summed E-state index contributed by atoms with van der Waals surface area (Å²) in [6.07, 6.45) is 7.40. The molecule has 3 heteroatoms. The maximum absolute atomic E-state index is 12.9. The van der Waals surface area contributed by atoms with E-state index in [0.29, 0.717) is 12.5 Å². The number of carbonyl (C=O) groups excluding carboxylic acids is 1. The highest BCUT2D eigenvalue weighted by atomic mass is 16.5. The van der Waals surface area contributed by atoms with Gasteiger partial charge in [0.25, 0.3) is 0 Å². The third kappa shape index (κ3) is 3.54. The van der Waals surface area contributed by atoms with E-state index in [1.165, 1.54) is 19.3 Å². The number of benzene rings is 1. The fourth-order valence-electron chi connectivity index (χ4n) is 3.32. The topological polar surface area (TPSA) is 39.2 Å². The summed E-state index contributed by atoms with van der Waals surface area (Å²) in [5.74, 6) is 1.68. The van der Waals surface area contributed by atoms with Gasteiger partial charge in [-0.05, 0) is 37.0 Å². The fourth-order valence-corrected chi connectivity index (χ4v) is 3.32. The highest BCUT2D eigenvalue weighted by Gasteiger charge is 2.24. The van der Waals surface area contributed by atoms with Gasteiger partial charge in [-0.15, -0.1) is 0 Å². The summed E-state index contributed by atoms with van der Waals surface area (Å²) >= 11 is 0. The van der Waals surface area contributed by atoms with Crippen LogP contribution < -0.4 is 4.74 Å². The molecule has 0 radical (unpaired) electrons. The van der Waals surface area contributed by atoms with Crippen molar-refractivity contribution in [3.05, 3.63) is 36.0 Å². The van der Waals surface area contributed by atoms with E-state index < -0.39 is 0 Å². The van der Waals surface area contributed by atoms with Crippen LogP contribution in [0, 0.1) is 11.8 Å². The molecular formula is C20H25NO2. The second-order valence-electron chi connectivity index (χ2n) is 6.91. The summed E-state index contributed by atoms with van der Waals surface area (Å²) in [6.45, 7) is 4.90. The minimum atomic E-state index is 0.176. The molecule has 1 fully saturated rings. The Labute approximate surface area is 138 Å². The van der Waals surface area contributed by atoms with Crippen molar-refractivity contribution in [2.24, 2.45) is 11.8 Å². The third-order valence-electron chi connectivity index (χ3n) is 4.55. The van der Waals surface area contributed by atoms with Crippen LogP contribution in [0.3, 0.4) is 0 Å². The maximum atomic E-state index is 12.9. The van der Waals surface area contributed by atoms with Gasteiger partial charge in [-0.2, -0.15) is 0 Å². The van der Waals surface area contributed by atoms with E-state index in [-0.39, 0.29) is 11.7 Å². The quantitative estimate of drug-likeness (QED) is 0.727. The molecule has 2 aromatic rings. The van der Waals surface area contributed by atoms with Crippen molar-refractivity contribution in [3.8, 4) is 5.75 Å². The van der Waals surface area contributed by atoms with Crippen LogP contribution in [-0.2, 0) is 0 Å². The predicted octanol–water partition coefficient (Wildman–Crippen LogP) is 5.03. The SMILES string of the molecule is CC(C)COc1ccc(C(=O)C2CCCCC2)c2cccnc12. The van der Waals surface area contributed by atoms with Gasteiger partial charge < -0.3 is 4.74 Å². The number of hydrogen-bond donors (Lipinski definition) is 0. The molecule has 0 amide bonds. The molecule has 0 N–H and O–H groups in total. The number of aromatic nitrogens is 1. The number of fused-ring (bicyclic) bond motifs is 1. The van der Waals surface area contributed by atoms with E-state index in [1.807, 2.05) is 24.3 Å². The van der Waals surface area contributed by atoms with Crippen molar-refractivity contribution in [2.75, 3.05) is 6.61 Å². The van der Waals surface area contributed by atoms with Crippen molar-refractivity contribution in [2.45, 2.75) is 46.0 Å². The second-order valence-corrected chi connectivity index (χ2v) is 6.91. The van der Waals surface area contributed by atoms with Crippen LogP contribution in [0.1, 0.15) is 56.3 Å². The van der Waals surface area contributed by atoms with Crippen molar-refractivity contribution < 1.29 is 9.53 Å². The van der Waals surface area contributed by atoms with E-state index in [2.05, 4.69) is 18.8 Å². The summed E-state index contributed by atoms with van der Waals surface area (Å²) in [4.78, 5) is 17.4. The maximum Gasteiger partial charge on any atom is 0.166 e. The molecule has 1 heterocycles. The zero-order valence-electron chi connectivity index (χ0n) is 14.0. The Bertz CT molecular complexity index is 687. The molecule has 122 valence electrons. The minimum Gasteiger partial charge on any atom is -0.491 e. The van der Waals surface area contributed by atoms with Crippen LogP contribution in [0.5, 0.6) is 5.75 Å². The van der Waals surface area contributed by atoms with E-state index >= 15 is 0 Å². The molecule has 1 aliphatic carbocycles. The van der Waals surface area contributed by atoms with Crippen molar-refractivity contribution >= 4 is 16.7 Å². The number of hydrogen-bond acceptors (Lipinski definition) is 3. The number of ether oxygens (including phenoxy) is 1. The molecule has 23 heavy (non-hydrogen) atoms. The molecule has 1 saturated carbocycles. The van der Waals surface area contributed by atoms with Crippen LogP contribution in [-0.4, -0.2) is 17.4 Å². The molecule has 3 rings (SSSR count). The molecule has 0 aliphatic heterocycles. The van der Waals surface area contributed by atoms with Gasteiger partial charge >= 0.3 is 0 Å². The Kier molecular flexibility index (Phi) is 4.94. The third-order valence-corrected chi connectivity index (χ3v) is 4.55. The molecule has 0 atom stereocenters. The van der Waals surface area contributed by atoms with Gasteiger partial charge in [0.2, 0.25) is 0 Å². The Morgan fingerprint density at radius 1 is 1.22 bits per heavy atom. The summed E-state index contributed by atoms with van der Waals surface area (Å²) in [7, 11) is 0. The highest BCUT2D eigenvalue weighted by molar-refractivity contribution is 6.09. The zero-order valence-corrected chi connectivity index (χ0v) is 14.0. The van der Waals surface area contributed by atoms with Gasteiger partial charge in [0.1, 0.15) is 11.3 Å². The van der Waals surface area contributed by atoms with Gasteiger partial charge in [0, 0.05) is 23.1 Å². The van der Waals surface area contributed by atoms with Crippen LogP contribution >= 0.6 is 0 Å². The monoisotopic (exact) mass is 311 g/mol. The van der Waals surface area contributed by atoms with E-state index in [0.717, 1.165) is 35.1 Å². The van der Waals surface area contributed by atoms with Gasteiger partial charge in [0.05, 0.1) is 6.61 Å². The summed E-state index contributed by atoms with van der Waals surface area (Å²) in [5.41, 5.74) is 1.60. The van der Waals surface area contributed by atoms with Crippen LogP contribution in [0.25, 0.3) is 10.9 Å².